The van der Waals surface area contributed by atoms with Crippen molar-refractivity contribution < 1.29 is 4.42 Å². The molecule has 0 atom stereocenters. The van der Waals surface area contributed by atoms with Crippen molar-refractivity contribution in [2.45, 2.75) is 0 Å². The van der Waals surface area contributed by atoms with Crippen molar-refractivity contribution in [3.63, 3.8) is 0 Å². The van der Waals surface area contributed by atoms with E-state index in [-0.39, 0.29) is 0 Å². The van der Waals surface area contributed by atoms with Crippen molar-refractivity contribution in [3.8, 4) is 22.5 Å². The van der Waals surface area contributed by atoms with E-state index in [9.17, 15) is 0 Å². The van der Waals surface area contributed by atoms with E-state index in [1.165, 1.54) is 64.0 Å². The van der Waals surface area contributed by atoms with Crippen LogP contribution in [0.25, 0.3) is 108 Å². The van der Waals surface area contributed by atoms with Gasteiger partial charge in [-0.3, -0.25) is 0 Å². The second kappa shape index (κ2) is 10.5. The largest absolute Gasteiger partial charge is 0.455 e. The molecule has 0 fully saturated rings. The van der Waals surface area contributed by atoms with E-state index in [0.29, 0.717) is 0 Å². The smallest absolute Gasteiger partial charge is 0.145 e. The Morgan fingerprint density at radius 3 is 2.02 bits per heavy atom. The Bertz CT molecular complexity index is 3410. The minimum atomic E-state index is 0.912. The van der Waals surface area contributed by atoms with Gasteiger partial charge < -0.3 is 13.6 Å². The molecule has 52 heavy (non-hydrogen) atoms. The molecule has 4 heterocycles. The van der Waals surface area contributed by atoms with Gasteiger partial charge >= 0.3 is 0 Å². The number of benzene rings is 8. The number of nitrogens with zero attached hydrogens (tertiary/aromatic N) is 2. The normalized spacial score (nSPS) is 12.2. The third-order valence-corrected chi connectivity index (χ3v) is 12.1. The van der Waals surface area contributed by atoms with Crippen LogP contribution in [0.3, 0.4) is 0 Å². The Labute approximate surface area is 301 Å². The number of rotatable bonds is 3. The van der Waals surface area contributed by atoms with Crippen molar-refractivity contribution >= 4 is 97.1 Å². The Morgan fingerprint density at radius 2 is 1.12 bits per heavy atom. The van der Waals surface area contributed by atoms with E-state index in [4.69, 9.17) is 4.42 Å². The zero-order valence-electron chi connectivity index (χ0n) is 27.9. The van der Waals surface area contributed by atoms with E-state index >= 15 is 0 Å². The molecule has 0 spiro atoms. The third-order valence-electron chi connectivity index (χ3n) is 10.9. The summed E-state index contributed by atoms with van der Waals surface area (Å²) >= 11 is 1.88. The Morgan fingerprint density at radius 1 is 0.423 bits per heavy atom. The van der Waals surface area contributed by atoms with Crippen LogP contribution in [0.2, 0.25) is 0 Å². The molecule has 0 unspecified atom stereocenters. The van der Waals surface area contributed by atoms with Gasteiger partial charge in [0.1, 0.15) is 11.2 Å². The molecule has 0 bridgehead atoms. The fourth-order valence-electron chi connectivity index (χ4n) is 8.73. The standard InChI is InChI=1S/C48H28N2OS/c1-2-13-30(14-3-1)50-41-26-24-35-33-16-5-8-22-42(33)51-47(35)45(41)38-25-27-40-44(46(38)50)37-18-4-7-21-39(37)49(40)31-15-10-12-29(28-31)32-19-11-20-36-34-17-6-9-23-43(34)52-48(32)36/h1-28H. The van der Waals surface area contributed by atoms with Crippen LogP contribution in [0.1, 0.15) is 0 Å². The first-order valence-electron chi connectivity index (χ1n) is 17.7. The number of para-hydroxylation sites is 3. The van der Waals surface area contributed by atoms with E-state index < -0.39 is 0 Å². The molecule has 0 amide bonds. The fourth-order valence-corrected chi connectivity index (χ4v) is 9.97. The lowest BCUT2D eigenvalue weighted by Crippen LogP contribution is -1.95. The molecule has 0 aliphatic rings. The minimum absolute atomic E-state index is 0.912. The molecule has 0 aliphatic carbocycles. The zero-order chi connectivity index (χ0) is 33.9. The van der Waals surface area contributed by atoms with E-state index in [1.54, 1.807) is 0 Å². The highest BCUT2D eigenvalue weighted by Crippen LogP contribution is 2.46. The molecule has 4 heteroatoms. The van der Waals surface area contributed by atoms with E-state index in [1.807, 2.05) is 17.4 Å². The van der Waals surface area contributed by atoms with E-state index in [0.717, 1.165) is 44.2 Å². The summed E-state index contributed by atoms with van der Waals surface area (Å²) in [7, 11) is 0. The lowest BCUT2D eigenvalue weighted by Gasteiger charge is -2.11. The molecule has 4 aromatic heterocycles. The number of fused-ring (bicyclic) bond motifs is 14. The molecular weight excluding hydrogens is 653 g/mol. The molecule has 12 aromatic rings. The first kappa shape index (κ1) is 28.1. The molecule has 3 nitrogen and oxygen atoms in total. The molecule has 12 rings (SSSR count). The van der Waals surface area contributed by atoms with Crippen LogP contribution in [0.4, 0.5) is 0 Å². The second-order valence-electron chi connectivity index (χ2n) is 13.6. The SMILES string of the molecule is c1ccc(-n2c3ccc4c5ccccc5oc4c3c3ccc4c(c5ccccc5n4-c4cccc(-c5cccc6c5sc5ccccc56)c4)c32)cc1. The number of furan rings is 1. The summed E-state index contributed by atoms with van der Waals surface area (Å²) in [6.45, 7) is 0. The average molecular weight is 681 g/mol. The van der Waals surface area contributed by atoms with E-state index in [2.05, 4.69) is 173 Å². The van der Waals surface area contributed by atoms with Crippen molar-refractivity contribution in [2.24, 2.45) is 0 Å². The molecular formula is C48H28N2OS. The highest BCUT2D eigenvalue weighted by atomic mass is 32.1. The average Bonchev–Trinajstić information content (AvgIpc) is 3.95. The van der Waals surface area contributed by atoms with Crippen molar-refractivity contribution in [1.29, 1.82) is 0 Å². The van der Waals surface area contributed by atoms with Crippen LogP contribution >= 0.6 is 11.3 Å². The zero-order valence-corrected chi connectivity index (χ0v) is 28.7. The van der Waals surface area contributed by atoms with Gasteiger partial charge in [0.15, 0.2) is 0 Å². The van der Waals surface area contributed by atoms with Gasteiger partial charge in [0.25, 0.3) is 0 Å². The Kier molecular flexibility index (Phi) is 5.65. The van der Waals surface area contributed by atoms with Gasteiger partial charge in [-0.1, -0.05) is 103 Å². The summed E-state index contributed by atoms with van der Waals surface area (Å²) < 4.78 is 14.2. The van der Waals surface area contributed by atoms with Gasteiger partial charge in [0.2, 0.25) is 0 Å². The predicted molar refractivity (Wildman–Crippen MR) is 221 cm³/mol. The first-order chi connectivity index (χ1) is 25.8. The second-order valence-corrected chi connectivity index (χ2v) is 14.7. The number of thiophene rings is 1. The van der Waals surface area contributed by atoms with Crippen molar-refractivity contribution in [2.75, 3.05) is 0 Å². The third kappa shape index (κ3) is 3.74. The summed E-state index contributed by atoms with van der Waals surface area (Å²) in [6.07, 6.45) is 0. The molecule has 0 N–H and O–H groups in total. The van der Waals surface area contributed by atoms with Crippen molar-refractivity contribution in [3.05, 3.63) is 170 Å². The molecule has 242 valence electrons. The fraction of sp³-hybridized carbons (Fsp3) is 0. The van der Waals surface area contributed by atoms with Gasteiger partial charge in [0, 0.05) is 58.5 Å². The maximum Gasteiger partial charge on any atom is 0.145 e. The summed E-state index contributed by atoms with van der Waals surface area (Å²) in [4.78, 5) is 0. The molecule has 0 aliphatic heterocycles. The highest BCUT2D eigenvalue weighted by molar-refractivity contribution is 7.26. The molecule has 0 radical (unpaired) electrons. The van der Waals surface area contributed by atoms with Crippen LogP contribution in [0.15, 0.2) is 174 Å². The Hall–Kier alpha value is -6.62. The van der Waals surface area contributed by atoms with Gasteiger partial charge in [-0.25, -0.2) is 0 Å². The predicted octanol–water partition coefficient (Wildman–Crippen LogP) is 13.8. The summed E-state index contributed by atoms with van der Waals surface area (Å²) in [5.41, 5.74) is 11.3. The van der Waals surface area contributed by atoms with Crippen molar-refractivity contribution in [1.82, 2.24) is 9.13 Å². The molecule has 8 aromatic carbocycles. The summed E-state index contributed by atoms with van der Waals surface area (Å²) in [5.74, 6) is 0. The quantitative estimate of drug-likeness (QED) is 0.182. The number of hydrogen-bond donors (Lipinski definition) is 0. The maximum atomic E-state index is 6.68. The monoisotopic (exact) mass is 680 g/mol. The minimum Gasteiger partial charge on any atom is -0.455 e. The van der Waals surface area contributed by atoms with Crippen LogP contribution in [0.5, 0.6) is 0 Å². The van der Waals surface area contributed by atoms with Crippen LogP contribution in [-0.4, -0.2) is 9.13 Å². The lowest BCUT2D eigenvalue weighted by molar-refractivity contribution is 0.673. The summed E-state index contributed by atoms with van der Waals surface area (Å²) in [5, 5.41) is 9.70. The summed E-state index contributed by atoms with van der Waals surface area (Å²) in [6, 6.07) is 61.6. The maximum absolute atomic E-state index is 6.68. The lowest BCUT2D eigenvalue weighted by atomic mass is 10.0. The van der Waals surface area contributed by atoms with Gasteiger partial charge in [-0.2, -0.15) is 0 Å². The topological polar surface area (TPSA) is 23.0 Å². The van der Waals surface area contributed by atoms with Crippen LogP contribution in [-0.2, 0) is 0 Å². The number of aromatic nitrogens is 2. The first-order valence-corrected chi connectivity index (χ1v) is 18.5. The van der Waals surface area contributed by atoms with Gasteiger partial charge in [-0.15, -0.1) is 11.3 Å². The highest BCUT2D eigenvalue weighted by Gasteiger charge is 2.24. The molecule has 0 saturated carbocycles. The molecule has 0 saturated heterocycles. The number of hydrogen-bond acceptors (Lipinski definition) is 2. The van der Waals surface area contributed by atoms with Crippen LogP contribution in [0, 0.1) is 0 Å². The van der Waals surface area contributed by atoms with Gasteiger partial charge in [0.05, 0.1) is 27.5 Å². The van der Waals surface area contributed by atoms with Crippen LogP contribution < -0.4 is 0 Å². The van der Waals surface area contributed by atoms with Gasteiger partial charge in [-0.05, 0) is 77.9 Å². The Balaban J connectivity index is 1.19.